The molecule has 1 saturated carbocycles. The fraction of sp³-hybridized carbons (Fsp3) is 0.294. The summed E-state index contributed by atoms with van der Waals surface area (Å²) in [6.45, 7) is 1.44. The highest BCUT2D eigenvalue weighted by Gasteiger charge is 2.21. The van der Waals surface area contributed by atoms with E-state index in [1.807, 2.05) is 18.2 Å². The van der Waals surface area contributed by atoms with Crippen LogP contribution in [-0.2, 0) is 13.2 Å². The number of benzene rings is 2. The molecule has 2 aromatic rings. The molecule has 0 heterocycles. The van der Waals surface area contributed by atoms with Gasteiger partial charge in [-0.25, -0.2) is 0 Å². The smallest absolute Gasteiger partial charge is 0.138 e. The minimum atomic E-state index is 0.576. The molecule has 0 radical (unpaired) electrons. The van der Waals surface area contributed by atoms with Crippen LogP contribution in [0.25, 0.3) is 0 Å². The van der Waals surface area contributed by atoms with E-state index in [0.29, 0.717) is 12.6 Å². The fourth-order valence-electron chi connectivity index (χ4n) is 2.13. The standard InChI is InChI=1S/C17H17Br2NO/c18-14-6-4-12(5-7-14)11-21-17-13(2-1-3-16(17)19)10-20-15-8-9-15/h1-7,15,20H,8-11H2. The highest BCUT2D eigenvalue weighted by Crippen LogP contribution is 2.31. The van der Waals surface area contributed by atoms with Gasteiger partial charge < -0.3 is 10.1 Å². The summed E-state index contributed by atoms with van der Waals surface area (Å²) in [5.41, 5.74) is 2.36. The molecule has 0 atom stereocenters. The minimum Gasteiger partial charge on any atom is -0.487 e. The quantitative estimate of drug-likeness (QED) is 0.719. The van der Waals surface area contributed by atoms with Crippen molar-refractivity contribution in [1.82, 2.24) is 5.32 Å². The molecule has 4 heteroatoms. The van der Waals surface area contributed by atoms with E-state index in [2.05, 4.69) is 61.4 Å². The average Bonchev–Trinajstić information content (AvgIpc) is 3.30. The van der Waals surface area contributed by atoms with Gasteiger partial charge in [0.05, 0.1) is 4.47 Å². The van der Waals surface area contributed by atoms with E-state index in [9.17, 15) is 0 Å². The van der Waals surface area contributed by atoms with Gasteiger partial charge in [-0.05, 0) is 52.5 Å². The Hall–Kier alpha value is -0.840. The molecule has 0 bridgehead atoms. The lowest BCUT2D eigenvalue weighted by Gasteiger charge is -2.14. The van der Waals surface area contributed by atoms with E-state index in [0.717, 1.165) is 26.8 Å². The van der Waals surface area contributed by atoms with Crippen molar-refractivity contribution in [3.63, 3.8) is 0 Å². The van der Waals surface area contributed by atoms with Crippen molar-refractivity contribution in [3.05, 3.63) is 62.5 Å². The van der Waals surface area contributed by atoms with E-state index in [4.69, 9.17) is 4.74 Å². The molecule has 0 aliphatic heterocycles. The number of halogens is 2. The number of nitrogens with one attached hydrogen (secondary N) is 1. The minimum absolute atomic E-state index is 0.576. The van der Waals surface area contributed by atoms with Gasteiger partial charge in [-0.1, -0.05) is 40.2 Å². The maximum absolute atomic E-state index is 6.04. The van der Waals surface area contributed by atoms with Crippen LogP contribution in [0.3, 0.4) is 0 Å². The largest absolute Gasteiger partial charge is 0.487 e. The van der Waals surface area contributed by atoms with Gasteiger partial charge in [-0.15, -0.1) is 0 Å². The van der Waals surface area contributed by atoms with Crippen molar-refractivity contribution in [3.8, 4) is 5.75 Å². The lowest BCUT2D eigenvalue weighted by atomic mass is 10.2. The molecule has 0 aromatic heterocycles. The van der Waals surface area contributed by atoms with Gasteiger partial charge in [0.2, 0.25) is 0 Å². The van der Waals surface area contributed by atoms with Gasteiger partial charge in [-0.2, -0.15) is 0 Å². The van der Waals surface area contributed by atoms with Crippen molar-refractivity contribution < 1.29 is 4.74 Å². The Labute approximate surface area is 142 Å². The molecule has 0 spiro atoms. The first-order chi connectivity index (χ1) is 10.2. The molecule has 0 saturated heterocycles. The molecule has 1 N–H and O–H groups in total. The Morgan fingerprint density at radius 1 is 1.05 bits per heavy atom. The topological polar surface area (TPSA) is 21.3 Å². The van der Waals surface area contributed by atoms with Crippen LogP contribution in [0.5, 0.6) is 5.75 Å². The van der Waals surface area contributed by atoms with Gasteiger partial charge in [-0.3, -0.25) is 0 Å². The van der Waals surface area contributed by atoms with Crippen LogP contribution in [0, 0.1) is 0 Å². The second kappa shape index (κ2) is 6.95. The summed E-state index contributed by atoms with van der Waals surface area (Å²) >= 11 is 7.04. The van der Waals surface area contributed by atoms with Gasteiger partial charge in [0.15, 0.2) is 0 Å². The SMILES string of the molecule is Brc1ccc(COc2c(Br)cccc2CNC2CC2)cc1. The maximum Gasteiger partial charge on any atom is 0.138 e. The van der Waals surface area contributed by atoms with Crippen LogP contribution in [0.4, 0.5) is 0 Å². The molecular formula is C17H17Br2NO. The molecule has 1 fully saturated rings. The zero-order chi connectivity index (χ0) is 14.7. The summed E-state index contributed by atoms with van der Waals surface area (Å²) in [6, 6.07) is 15.1. The first kappa shape index (κ1) is 15.1. The van der Waals surface area contributed by atoms with Gasteiger partial charge in [0.25, 0.3) is 0 Å². The number of para-hydroxylation sites is 1. The van der Waals surface area contributed by atoms with E-state index >= 15 is 0 Å². The summed E-state index contributed by atoms with van der Waals surface area (Å²) in [6.07, 6.45) is 2.59. The van der Waals surface area contributed by atoms with Crippen molar-refractivity contribution in [2.45, 2.75) is 32.0 Å². The van der Waals surface area contributed by atoms with Crippen LogP contribution in [0.15, 0.2) is 51.4 Å². The third kappa shape index (κ3) is 4.31. The summed E-state index contributed by atoms with van der Waals surface area (Å²) in [7, 11) is 0. The summed E-state index contributed by atoms with van der Waals surface area (Å²) in [4.78, 5) is 0. The van der Waals surface area contributed by atoms with Crippen LogP contribution < -0.4 is 10.1 Å². The van der Waals surface area contributed by atoms with Crippen molar-refractivity contribution >= 4 is 31.9 Å². The Morgan fingerprint density at radius 2 is 1.81 bits per heavy atom. The van der Waals surface area contributed by atoms with Gasteiger partial charge in [0.1, 0.15) is 12.4 Å². The van der Waals surface area contributed by atoms with E-state index < -0.39 is 0 Å². The Kier molecular flexibility index (Phi) is 4.99. The lowest BCUT2D eigenvalue weighted by Crippen LogP contribution is -2.16. The molecule has 1 aliphatic carbocycles. The first-order valence-corrected chi connectivity index (χ1v) is 8.69. The third-order valence-corrected chi connectivity index (χ3v) is 4.66. The van der Waals surface area contributed by atoms with Crippen LogP contribution in [0.2, 0.25) is 0 Å². The second-order valence-electron chi connectivity index (χ2n) is 5.30. The predicted octanol–water partition coefficient (Wildman–Crippen LogP) is 5.04. The molecule has 2 aromatic carbocycles. The zero-order valence-electron chi connectivity index (χ0n) is 11.6. The average molecular weight is 411 g/mol. The number of hydrogen-bond acceptors (Lipinski definition) is 2. The number of ether oxygens (including phenoxy) is 1. The number of hydrogen-bond donors (Lipinski definition) is 1. The second-order valence-corrected chi connectivity index (χ2v) is 7.07. The van der Waals surface area contributed by atoms with Crippen LogP contribution >= 0.6 is 31.9 Å². The highest BCUT2D eigenvalue weighted by atomic mass is 79.9. The first-order valence-electron chi connectivity index (χ1n) is 7.10. The Bertz CT molecular complexity index is 609. The number of rotatable bonds is 6. The maximum atomic E-state index is 6.04. The monoisotopic (exact) mass is 409 g/mol. The van der Waals surface area contributed by atoms with E-state index in [1.54, 1.807) is 0 Å². The van der Waals surface area contributed by atoms with Crippen molar-refractivity contribution in [2.75, 3.05) is 0 Å². The Balaban J connectivity index is 1.69. The predicted molar refractivity (Wildman–Crippen MR) is 92.5 cm³/mol. The zero-order valence-corrected chi connectivity index (χ0v) is 14.8. The molecule has 21 heavy (non-hydrogen) atoms. The molecule has 0 unspecified atom stereocenters. The van der Waals surface area contributed by atoms with E-state index in [-0.39, 0.29) is 0 Å². The lowest BCUT2D eigenvalue weighted by molar-refractivity contribution is 0.300. The van der Waals surface area contributed by atoms with Crippen LogP contribution in [-0.4, -0.2) is 6.04 Å². The molecule has 2 nitrogen and oxygen atoms in total. The van der Waals surface area contributed by atoms with Gasteiger partial charge in [0, 0.05) is 22.6 Å². The summed E-state index contributed by atoms with van der Waals surface area (Å²) in [5, 5.41) is 3.54. The normalized spacial score (nSPS) is 14.2. The van der Waals surface area contributed by atoms with E-state index in [1.165, 1.54) is 18.4 Å². The van der Waals surface area contributed by atoms with Crippen LogP contribution in [0.1, 0.15) is 24.0 Å². The highest BCUT2D eigenvalue weighted by molar-refractivity contribution is 9.10. The molecule has 0 amide bonds. The summed E-state index contributed by atoms with van der Waals surface area (Å²) in [5.74, 6) is 0.938. The fourth-order valence-corrected chi connectivity index (χ4v) is 2.92. The molecule has 110 valence electrons. The molecule has 1 aliphatic rings. The molecule has 3 rings (SSSR count). The summed E-state index contributed by atoms with van der Waals surface area (Å²) < 4.78 is 8.14. The molecular weight excluding hydrogens is 394 g/mol. The third-order valence-electron chi connectivity index (χ3n) is 3.50. The van der Waals surface area contributed by atoms with Crippen molar-refractivity contribution in [1.29, 1.82) is 0 Å². The van der Waals surface area contributed by atoms with Gasteiger partial charge >= 0.3 is 0 Å². The van der Waals surface area contributed by atoms with Crippen molar-refractivity contribution in [2.24, 2.45) is 0 Å². The Morgan fingerprint density at radius 3 is 2.52 bits per heavy atom.